The summed E-state index contributed by atoms with van der Waals surface area (Å²) in [4.78, 5) is 12.9. The topological polar surface area (TPSA) is 136 Å². The van der Waals surface area contributed by atoms with E-state index in [0.29, 0.717) is 22.4 Å². The number of anilines is 1. The Morgan fingerprint density at radius 2 is 1.76 bits per heavy atom. The van der Waals surface area contributed by atoms with Crippen molar-refractivity contribution in [3.8, 4) is 5.75 Å². The molecule has 0 saturated heterocycles. The van der Waals surface area contributed by atoms with E-state index in [2.05, 4.69) is 0 Å². The van der Waals surface area contributed by atoms with Crippen LogP contribution in [0, 0.1) is 0 Å². The van der Waals surface area contributed by atoms with E-state index in [1.807, 2.05) is 0 Å². The quantitative estimate of drug-likeness (QED) is 0.324. The van der Waals surface area contributed by atoms with Gasteiger partial charge in [-0.05, 0) is 53.6 Å². The maximum atomic E-state index is 12.9. The van der Waals surface area contributed by atoms with Gasteiger partial charge >= 0.3 is 0 Å². The van der Waals surface area contributed by atoms with E-state index in [1.165, 1.54) is 18.2 Å². The molecule has 0 aliphatic heterocycles. The van der Waals surface area contributed by atoms with Crippen molar-refractivity contribution < 1.29 is 15.0 Å². The summed E-state index contributed by atoms with van der Waals surface area (Å²) in [6.07, 6.45) is 3.44. The van der Waals surface area contributed by atoms with Crippen LogP contribution in [-0.2, 0) is 0 Å². The number of aromatic hydroxyl groups is 1. The lowest BCUT2D eigenvalue weighted by molar-refractivity contribution is 0.103. The minimum atomic E-state index is -1.37. The van der Waals surface area contributed by atoms with Crippen LogP contribution in [0.1, 0.15) is 21.5 Å². The van der Waals surface area contributed by atoms with Crippen LogP contribution in [0.5, 0.6) is 5.75 Å². The molecule has 6 heteroatoms. The highest BCUT2D eigenvalue weighted by molar-refractivity contribution is 6.14. The number of allylic oxidation sites excluding steroid dienone is 2. The molecule has 2 aromatic carbocycles. The molecule has 3 rings (SSSR count). The number of nitrogens with two attached hydrogens (primary N) is 3. The standard InChI is InChI=1S/C19H19N3O3/c20-13-6-4-11(5-7-13)18(25)17-14(2-1-3-15(17)23)12-8-9-19(21,22)16(24)10-12/h1-10,16,23-24H,20-22H2. The van der Waals surface area contributed by atoms with Gasteiger partial charge in [-0.3, -0.25) is 4.79 Å². The number of aliphatic hydroxyl groups is 1. The number of ketones is 1. The SMILES string of the molecule is Nc1ccc(C(=O)c2c(O)cccc2C2=CC(O)C(N)(N)C=C2)cc1. The van der Waals surface area contributed by atoms with Crippen molar-refractivity contribution in [1.29, 1.82) is 0 Å². The molecule has 0 radical (unpaired) electrons. The van der Waals surface area contributed by atoms with E-state index < -0.39 is 11.8 Å². The summed E-state index contributed by atoms with van der Waals surface area (Å²) >= 11 is 0. The first-order valence-corrected chi connectivity index (χ1v) is 7.69. The van der Waals surface area contributed by atoms with Crippen molar-refractivity contribution in [3.63, 3.8) is 0 Å². The summed E-state index contributed by atoms with van der Waals surface area (Å²) in [5, 5.41) is 20.3. The van der Waals surface area contributed by atoms with Gasteiger partial charge in [0.05, 0.1) is 5.56 Å². The number of benzene rings is 2. The Morgan fingerprint density at radius 3 is 2.40 bits per heavy atom. The number of phenols is 1. The van der Waals surface area contributed by atoms with Gasteiger partial charge in [-0.2, -0.15) is 0 Å². The lowest BCUT2D eigenvalue weighted by atomic mass is 9.87. The van der Waals surface area contributed by atoms with Crippen LogP contribution in [0.2, 0.25) is 0 Å². The second-order valence-corrected chi connectivity index (χ2v) is 6.05. The van der Waals surface area contributed by atoms with Gasteiger partial charge in [0.2, 0.25) is 0 Å². The molecule has 0 saturated carbocycles. The number of hydrogen-bond acceptors (Lipinski definition) is 6. The Kier molecular flexibility index (Phi) is 4.18. The molecule has 0 amide bonds. The highest BCUT2D eigenvalue weighted by atomic mass is 16.3. The van der Waals surface area contributed by atoms with E-state index in [4.69, 9.17) is 17.2 Å². The summed E-state index contributed by atoms with van der Waals surface area (Å²) in [5.74, 6) is -0.505. The smallest absolute Gasteiger partial charge is 0.197 e. The van der Waals surface area contributed by atoms with Crippen molar-refractivity contribution >= 4 is 17.0 Å². The van der Waals surface area contributed by atoms with E-state index in [-0.39, 0.29) is 17.1 Å². The van der Waals surface area contributed by atoms with E-state index in [9.17, 15) is 15.0 Å². The van der Waals surface area contributed by atoms with Gasteiger partial charge in [0.25, 0.3) is 0 Å². The number of hydrogen-bond donors (Lipinski definition) is 5. The fourth-order valence-electron chi connectivity index (χ4n) is 2.68. The molecule has 0 heterocycles. The molecule has 0 aromatic heterocycles. The van der Waals surface area contributed by atoms with Crippen molar-refractivity contribution in [2.24, 2.45) is 11.5 Å². The van der Waals surface area contributed by atoms with Gasteiger partial charge in [0.15, 0.2) is 5.78 Å². The zero-order valence-electron chi connectivity index (χ0n) is 13.4. The number of carbonyl (C=O) groups is 1. The molecule has 128 valence electrons. The summed E-state index contributed by atoms with van der Waals surface area (Å²) in [6, 6.07) is 11.2. The molecule has 6 nitrogen and oxygen atoms in total. The van der Waals surface area contributed by atoms with Crippen LogP contribution < -0.4 is 17.2 Å². The zero-order chi connectivity index (χ0) is 18.2. The second kappa shape index (κ2) is 6.18. The lowest BCUT2D eigenvalue weighted by Gasteiger charge is -2.29. The third-order valence-electron chi connectivity index (χ3n) is 4.15. The first-order chi connectivity index (χ1) is 11.8. The first kappa shape index (κ1) is 16.9. The molecule has 1 unspecified atom stereocenters. The molecular weight excluding hydrogens is 318 g/mol. The Morgan fingerprint density at radius 1 is 1.08 bits per heavy atom. The second-order valence-electron chi connectivity index (χ2n) is 6.05. The molecule has 0 fully saturated rings. The number of rotatable bonds is 3. The maximum absolute atomic E-state index is 12.9. The zero-order valence-corrected chi connectivity index (χ0v) is 13.4. The Balaban J connectivity index is 2.09. The normalized spacial score (nSPS) is 18.7. The summed E-state index contributed by atoms with van der Waals surface area (Å²) < 4.78 is 0. The molecule has 1 aliphatic rings. The van der Waals surface area contributed by atoms with Crippen molar-refractivity contribution in [3.05, 3.63) is 77.4 Å². The minimum absolute atomic E-state index is 0.136. The van der Waals surface area contributed by atoms with E-state index >= 15 is 0 Å². The Labute approximate surface area is 144 Å². The lowest BCUT2D eigenvalue weighted by Crippen LogP contribution is -2.57. The van der Waals surface area contributed by atoms with Crippen molar-refractivity contribution in [2.75, 3.05) is 5.73 Å². The van der Waals surface area contributed by atoms with Gasteiger partial charge in [-0.1, -0.05) is 18.2 Å². The first-order valence-electron chi connectivity index (χ1n) is 7.69. The molecule has 0 spiro atoms. The molecule has 8 N–H and O–H groups in total. The number of carbonyl (C=O) groups excluding carboxylic acids is 1. The number of aliphatic hydroxyl groups excluding tert-OH is 1. The average Bonchev–Trinajstić information content (AvgIpc) is 2.57. The Bertz CT molecular complexity index is 883. The summed E-state index contributed by atoms with van der Waals surface area (Å²) in [6.45, 7) is 0. The van der Waals surface area contributed by atoms with Gasteiger partial charge in [-0.15, -0.1) is 0 Å². The molecule has 1 atom stereocenters. The van der Waals surface area contributed by atoms with Gasteiger partial charge < -0.3 is 27.4 Å². The fourth-order valence-corrected chi connectivity index (χ4v) is 2.68. The van der Waals surface area contributed by atoms with E-state index in [0.717, 1.165) is 0 Å². The predicted molar refractivity (Wildman–Crippen MR) is 96.6 cm³/mol. The van der Waals surface area contributed by atoms with Crippen LogP contribution in [0.25, 0.3) is 5.57 Å². The highest BCUT2D eigenvalue weighted by Gasteiger charge is 2.29. The predicted octanol–water partition coefficient (Wildman–Crippen LogP) is 1.13. The van der Waals surface area contributed by atoms with Crippen molar-refractivity contribution in [1.82, 2.24) is 0 Å². The van der Waals surface area contributed by atoms with E-state index in [1.54, 1.807) is 42.5 Å². The third kappa shape index (κ3) is 3.18. The number of phenolic OH excluding ortho intramolecular Hbond substituents is 1. The monoisotopic (exact) mass is 337 g/mol. The van der Waals surface area contributed by atoms with Gasteiger partial charge in [0, 0.05) is 11.3 Å². The Hall–Kier alpha value is -2.93. The fraction of sp³-hybridized carbons (Fsp3) is 0.105. The minimum Gasteiger partial charge on any atom is -0.507 e. The van der Waals surface area contributed by atoms with Crippen LogP contribution in [-0.4, -0.2) is 27.8 Å². The molecule has 2 aromatic rings. The molecular formula is C19H19N3O3. The van der Waals surface area contributed by atoms with Crippen LogP contribution in [0.3, 0.4) is 0 Å². The third-order valence-corrected chi connectivity index (χ3v) is 4.15. The van der Waals surface area contributed by atoms with Crippen LogP contribution in [0.15, 0.2) is 60.7 Å². The maximum Gasteiger partial charge on any atom is 0.197 e. The van der Waals surface area contributed by atoms with Gasteiger partial charge in [0.1, 0.15) is 17.5 Å². The number of nitrogen functional groups attached to an aromatic ring is 1. The largest absolute Gasteiger partial charge is 0.507 e. The average molecular weight is 337 g/mol. The molecule has 1 aliphatic carbocycles. The van der Waals surface area contributed by atoms with Gasteiger partial charge in [-0.25, -0.2) is 0 Å². The highest BCUT2D eigenvalue weighted by Crippen LogP contribution is 2.32. The molecule has 25 heavy (non-hydrogen) atoms. The van der Waals surface area contributed by atoms with Crippen LogP contribution >= 0.6 is 0 Å². The summed E-state index contributed by atoms with van der Waals surface area (Å²) in [7, 11) is 0. The van der Waals surface area contributed by atoms with Crippen molar-refractivity contribution in [2.45, 2.75) is 11.8 Å². The van der Waals surface area contributed by atoms with Crippen LogP contribution in [0.4, 0.5) is 5.69 Å². The molecule has 0 bridgehead atoms. The summed E-state index contributed by atoms with van der Waals surface area (Å²) in [5.41, 5.74) is 17.9.